The normalized spacial score (nSPS) is 10.1. The molecule has 0 aliphatic rings. The Bertz CT molecular complexity index is 442. The third-order valence-electron chi connectivity index (χ3n) is 3.10. The summed E-state index contributed by atoms with van der Waals surface area (Å²) in [5, 5.41) is 8.56. The maximum absolute atomic E-state index is 11.8. The van der Waals surface area contributed by atoms with Crippen LogP contribution in [0.25, 0.3) is 0 Å². The largest absolute Gasteiger partial charge is 0.497 e. The smallest absolute Gasteiger partial charge is 0.305 e. The summed E-state index contributed by atoms with van der Waals surface area (Å²) in [5.41, 5.74) is 1.16. The van der Waals surface area contributed by atoms with Gasteiger partial charge in [-0.3, -0.25) is 9.59 Å². The Morgan fingerprint density at radius 2 is 1.85 bits per heavy atom. The van der Waals surface area contributed by atoms with Crippen molar-refractivity contribution in [3.05, 3.63) is 29.8 Å². The van der Waals surface area contributed by atoms with Gasteiger partial charge in [0.25, 0.3) is 0 Å². The molecule has 0 saturated heterocycles. The van der Waals surface area contributed by atoms with Crippen LogP contribution in [0.5, 0.6) is 5.75 Å². The van der Waals surface area contributed by atoms with Gasteiger partial charge in [0, 0.05) is 20.0 Å². The second kappa shape index (κ2) is 8.19. The van der Waals surface area contributed by atoms with Crippen LogP contribution in [0.15, 0.2) is 24.3 Å². The summed E-state index contributed by atoms with van der Waals surface area (Å²) < 4.78 is 5.08. The first kappa shape index (κ1) is 16.0. The molecule has 1 aromatic rings. The fourth-order valence-electron chi connectivity index (χ4n) is 1.81. The molecule has 0 heterocycles. The fourth-order valence-corrected chi connectivity index (χ4v) is 1.81. The SMILES string of the molecule is COc1ccc(CCCC(=O)N(C)CCC(=O)O)cc1. The van der Waals surface area contributed by atoms with E-state index in [4.69, 9.17) is 9.84 Å². The second-order valence-corrected chi connectivity index (χ2v) is 4.66. The number of ether oxygens (including phenoxy) is 1. The summed E-state index contributed by atoms with van der Waals surface area (Å²) >= 11 is 0. The van der Waals surface area contributed by atoms with Gasteiger partial charge in [0.2, 0.25) is 5.91 Å². The van der Waals surface area contributed by atoms with Crippen LogP contribution < -0.4 is 4.74 Å². The maximum atomic E-state index is 11.8. The van der Waals surface area contributed by atoms with Crippen molar-refractivity contribution in [1.82, 2.24) is 4.90 Å². The van der Waals surface area contributed by atoms with Crippen molar-refractivity contribution in [2.75, 3.05) is 20.7 Å². The lowest BCUT2D eigenvalue weighted by Gasteiger charge is -2.15. The maximum Gasteiger partial charge on any atom is 0.305 e. The van der Waals surface area contributed by atoms with Crippen molar-refractivity contribution < 1.29 is 19.4 Å². The lowest BCUT2D eigenvalue weighted by Crippen LogP contribution is -2.28. The van der Waals surface area contributed by atoms with Crippen molar-refractivity contribution in [3.8, 4) is 5.75 Å². The fraction of sp³-hybridized carbons (Fsp3) is 0.467. The molecule has 0 unspecified atom stereocenters. The summed E-state index contributed by atoms with van der Waals surface area (Å²) in [7, 11) is 3.26. The van der Waals surface area contributed by atoms with Gasteiger partial charge in [0.05, 0.1) is 13.5 Å². The summed E-state index contributed by atoms with van der Waals surface area (Å²) in [4.78, 5) is 23.7. The highest BCUT2D eigenvalue weighted by molar-refractivity contribution is 5.76. The molecule has 0 atom stereocenters. The zero-order chi connectivity index (χ0) is 15.0. The van der Waals surface area contributed by atoms with E-state index in [1.165, 1.54) is 4.90 Å². The molecule has 0 aliphatic heterocycles. The minimum atomic E-state index is -0.886. The lowest BCUT2D eigenvalue weighted by atomic mass is 10.1. The third-order valence-corrected chi connectivity index (χ3v) is 3.10. The van der Waals surface area contributed by atoms with E-state index in [1.54, 1.807) is 14.2 Å². The molecule has 5 nitrogen and oxygen atoms in total. The van der Waals surface area contributed by atoms with Crippen molar-refractivity contribution >= 4 is 11.9 Å². The average molecular weight is 279 g/mol. The van der Waals surface area contributed by atoms with E-state index in [1.807, 2.05) is 24.3 Å². The Hall–Kier alpha value is -2.04. The number of amides is 1. The van der Waals surface area contributed by atoms with Crippen molar-refractivity contribution in [2.45, 2.75) is 25.7 Å². The molecule has 20 heavy (non-hydrogen) atoms. The van der Waals surface area contributed by atoms with Gasteiger partial charge >= 0.3 is 5.97 Å². The van der Waals surface area contributed by atoms with Gasteiger partial charge in [-0.2, -0.15) is 0 Å². The summed E-state index contributed by atoms with van der Waals surface area (Å²) in [5.74, 6) is -0.0825. The molecule has 5 heteroatoms. The number of aliphatic carboxylic acids is 1. The van der Waals surface area contributed by atoms with E-state index in [2.05, 4.69) is 0 Å². The number of methoxy groups -OCH3 is 1. The van der Waals surface area contributed by atoms with Crippen LogP contribution in [0.2, 0.25) is 0 Å². The number of carboxylic acids is 1. The number of benzene rings is 1. The zero-order valence-electron chi connectivity index (χ0n) is 12.0. The molecule has 0 fully saturated rings. The molecule has 1 N–H and O–H groups in total. The van der Waals surface area contributed by atoms with Crippen LogP contribution in [0, 0.1) is 0 Å². The Kier molecular flexibility index (Phi) is 6.56. The van der Waals surface area contributed by atoms with Gasteiger partial charge < -0.3 is 14.7 Å². The highest BCUT2D eigenvalue weighted by Crippen LogP contribution is 2.13. The monoisotopic (exact) mass is 279 g/mol. The first-order chi connectivity index (χ1) is 9.52. The predicted molar refractivity (Wildman–Crippen MR) is 75.8 cm³/mol. The molecule has 1 amide bonds. The molecule has 1 aromatic carbocycles. The topological polar surface area (TPSA) is 66.8 Å². The van der Waals surface area contributed by atoms with Gasteiger partial charge in [-0.1, -0.05) is 12.1 Å². The van der Waals surface area contributed by atoms with E-state index in [-0.39, 0.29) is 18.9 Å². The molecule has 0 aromatic heterocycles. The molecule has 0 radical (unpaired) electrons. The van der Waals surface area contributed by atoms with Crippen molar-refractivity contribution in [2.24, 2.45) is 0 Å². The number of hydrogen-bond acceptors (Lipinski definition) is 3. The highest BCUT2D eigenvalue weighted by Gasteiger charge is 2.09. The predicted octanol–water partition coefficient (Wildman–Crippen LogP) is 1.95. The number of carbonyl (C=O) groups excluding carboxylic acids is 1. The Balaban J connectivity index is 2.28. The van der Waals surface area contributed by atoms with E-state index >= 15 is 0 Å². The van der Waals surface area contributed by atoms with Crippen LogP contribution in [0.1, 0.15) is 24.8 Å². The van der Waals surface area contributed by atoms with Crippen LogP contribution in [0.4, 0.5) is 0 Å². The first-order valence-corrected chi connectivity index (χ1v) is 6.61. The number of carbonyl (C=O) groups is 2. The Morgan fingerprint density at radius 3 is 2.40 bits per heavy atom. The van der Waals surface area contributed by atoms with Crippen molar-refractivity contribution in [1.29, 1.82) is 0 Å². The van der Waals surface area contributed by atoms with Gasteiger partial charge in [-0.15, -0.1) is 0 Å². The summed E-state index contributed by atoms with van der Waals surface area (Å²) in [6, 6.07) is 7.77. The second-order valence-electron chi connectivity index (χ2n) is 4.66. The number of aryl methyl sites for hydroxylation is 1. The van der Waals surface area contributed by atoms with Gasteiger partial charge in [0.15, 0.2) is 0 Å². The van der Waals surface area contributed by atoms with E-state index < -0.39 is 5.97 Å². The van der Waals surface area contributed by atoms with Gasteiger partial charge in [-0.25, -0.2) is 0 Å². The van der Waals surface area contributed by atoms with Gasteiger partial charge in [0.1, 0.15) is 5.75 Å². The van der Waals surface area contributed by atoms with E-state index in [9.17, 15) is 9.59 Å². The number of rotatable bonds is 8. The van der Waals surface area contributed by atoms with E-state index in [0.29, 0.717) is 6.42 Å². The number of nitrogens with zero attached hydrogens (tertiary/aromatic N) is 1. The molecule has 0 aliphatic carbocycles. The van der Waals surface area contributed by atoms with E-state index in [0.717, 1.165) is 24.2 Å². The molecule has 0 spiro atoms. The van der Waals surface area contributed by atoms with Crippen LogP contribution in [0.3, 0.4) is 0 Å². The minimum Gasteiger partial charge on any atom is -0.497 e. The number of hydrogen-bond donors (Lipinski definition) is 1. The highest BCUT2D eigenvalue weighted by atomic mass is 16.5. The average Bonchev–Trinajstić information content (AvgIpc) is 2.45. The molecule has 0 saturated carbocycles. The summed E-state index contributed by atoms with van der Waals surface area (Å²) in [6.45, 7) is 0.261. The van der Waals surface area contributed by atoms with Crippen molar-refractivity contribution in [3.63, 3.8) is 0 Å². The minimum absolute atomic E-state index is 0.0132. The molecular formula is C15H21NO4. The van der Waals surface area contributed by atoms with Crippen LogP contribution in [-0.4, -0.2) is 42.6 Å². The first-order valence-electron chi connectivity index (χ1n) is 6.61. The molecule has 1 rings (SSSR count). The Labute approximate surface area is 119 Å². The lowest BCUT2D eigenvalue weighted by molar-refractivity contribution is -0.138. The van der Waals surface area contributed by atoms with Crippen LogP contribution >= 0.6 is 0 Å². The van der Waals surface area contributed by atoms with Gasteiger partial charge in [-0.05, 0) is 30.5 Å². The molecular weight excluding hydrogens is 258 g/mol. The number of carboxylic acid groups (broad SMARTS) is 1. The molecule has 110 valence electrons. The Morgan fingerprint density at radius 1 is 1.20 bits per heavy atom. The quantitative estimate of drug-likeness (QED) is 0.790. The summed E-state index contributed by atoms with van der Waals surface area (Å²) in [6.07, 6.45) is 1.99. The third kappa shape index (κ3) is 5.73. The zero-order valence-corrected chi connectivity index (χ0v) is 12.0. The molecule has 0 bridgehead atoms. The van der Waals surface area contributed by atoms with Crippen LogP contribution in [-0.2, 0) is 16.0 Å². The standard InChI is InChI=1S/C15H21NO4/c1-16(11-10-15(18)19)14(17)5-3-4-12-6-8-13(20-2)9-7-12/h6-9H,3-5,10-11H2,1-2H3,(H,18,19).